The van der Waals surface area contributed by atoms with Gasteiger partial charge in [0.1, 0.15) is 5.01 Å². The summed E-state index contributed by atoms with van der Waals surface area (Å²) in [4.78, 5) is 12.3. The Labute approximate surface area is 151 Å². The minimum absolute atomic E-state index is 0. The van der Waals surface area contributed by atoms with Crippen molar-refractivity contribution in [2.24, 2.45) is 5.92 Å². The molecule has 0 bridgehead atoms. The minimum Gasteiger partial charge on any atom is -0.313 e. The summed E-state index contributed by atoms with van der Waals surface area (Å²) in [6, 6.07) is 8.52. The van der Waals surface area contributed by atoms with Gasteiger partial charge in [-0.3, -0.25) is 10.1 Å². The fourth-order valence-electron chi connectivity index (χ4n) is 2.86. The maximum Gasteiger partial charge on any atom is 0.257 e. The molecule has 0 aliphatic heterocycles. The van der Waals surface area contributed by atoms with Crippen molar-refractivity contribution in [3.63, 3.8) is 0 Å². The van der Waals surface area contributed by atoms with Gasteiger partial charge in [-0.2, -0.15) is 0 Å². The molecule has 24 heavy (non-hydrogen) atoms. The highest BCUT2D eigenvalue weighted by Gasteiger charge is 2.39. The molecule has 1 aromatic carbocycles. The number of hydrogen-bond donors (Lipinski definition) is 2. The van der Waals surface area contributed by atoms with Gasteiger partial charge in [0.2, 0.25) is 5.13 Å². The molecule has 2 aliphatic carbocycles. The van der Waals surface area contributed by atoms with Gasteiger partial charge in [-0.25, -0.2) is 0 Å². The molecule has 1 heterocycles. The molecule has 2 fully saturated rings. The highest BCUT2D eigenvalue weighted by molar-refractivity contribution is 7.15. The molecular weight excluding hydrogens is 344 g/mol. The number of benzene rings is 1. The number of hydrogen-bond acceptors (Lipinski definition) is 5. The Morgan fingerprint density at radius 2 is 2.17 bits per heavy atom. The topological polar surface area (TPSA) is 66.9 Å². The third-order valence-electron chi connectivity index (χ3n) is 4.48. The summed E-state index contributed by atoms with van der Waals surface area (Å²) in [7, 11) is 0. The molecule has 1 amide bonds. The third-order valence-corrected chi connectivity index (χ3v) is 5.23. The zero-order chi connectivity index (χ0) is 15.8. The zero-order valence-corrected chi connectivity index (χ0v) is 15.1. The molecule has 0 saturated heterocycles. The monoisotopic (exact) mass is 364 g/mol. The van der Waals surface area contributed by atoms with Gasteiger partial charge in [-0.1, -0.05) is 23.5 Å². The Bertz CT molecular complexity index is 731. The lowest BCUT2D eigenvalue weighted by molar-refractivity contribution is 0.102. The number of nitrogens with zero attached hydrogens (tertiary/aromatic N) is 2. The molecular formula is C17H21ClN4OS. The van der Waals surface area contributed by atoms with Crippen LogP contribution >= 0.6 is 23.7 Å². The summed E-state index contributed by atoms with van der Waals surface area (Å²) in [6.07, 6.45) is 3.93. The summed E-state index contributed by atoms with van der Waals surface area (Å²) in [5.41, 5.74) is 1.93. The van der Waals surface area contributed by atoms with Gasteiger partial charge in [-0.05, 0) is 56.3 Å². The quantitative estimate of drug-likeness (QED) is 0.824. The fraction of sp³-hybridized carbons (Fsp3) is 0.471. The Kier molecular flexibility index (Phi) is 5.18. The normalized spacial score (nSPS) is 21.9. The number of anilines is 1. The van der Waals surface area contributed by atoms with Crippen LogP contribution in [-0.4, -0.2) is 28.7 Å². The van der Waals surface area contributed by atoms with E-state index in [9.17, 15) is 4.79 Å². The Hall–Kier alpha value is -1.50. The average molecular weight is 365 g/mol. The minimum atomic E-state index is -0.119. The van der Waals surface area contributed by atoms with E-state index in [2.05, 4.69) is 26.9 Å². The van der Waals surface area contributed by atoms with Crippen LogP contribution < -0.4 is 10.6 Å². The maximum absolute atomic E-state index is 12.3. The highest BCUT2D eigenvalue weighted by atomic mass is 35.5. The van der Waals surface area contributed by atoms with Crippen molar-refractivity contribution in [2.45, 2.75) is 38.1 Å². The number of carbonyl (C=O) groups excluding carboxylic acids is 1. The number of amides is 1. The van der Waals surface area contributed by atoms with Crippen LogP contribution in [0.25, 0.3) is 0 Å². The second-order valence-electron chi connectivity index (χ2n) is 6.51. The third kappa shape index (κ3) is 4.12. The van der Waals surface area contributed by atoms with Gasteiger partial charge in [-0.15, -0.1) is 22.6 Å². The van der Waals surface area contributed by atoms with Crippen LogP contribution in [0, 0.1) is 12.8 Å². The Morgan fingerprint density at radius 1 is 1.33 bits per heavy atom. The molecule has 2 atom stereocenters. The molecule has 128 valence electrons. The first-order valence-corrected chi connectivity index (χ1v) is 8.95. The van der Waals surface area contributed by atoms with E-state index in [1.807, 2.05) is 25.1 Å². The van der Waals surface area contributed by atoms with Crippen LogP contribution in [0.2, 0.25) is 0 Å². The summed E-state index contributed by atoms with van der Waals surface area (Å²) >= 11 is 1.38. The molecule has 1 aromatic heterocycles. The van der Waals surface area contributed by atoms with Gasteiger partial charge < -0.3 is 5.32 Å². The smallest absolute Gasteiger partial charge is 0.257 e. The SMILES string of the molecule is Cc1nnc(NC(=O)c2cccc([C@@H]3C[C@H]3NCC3CC3)c2)s1.Cl. The van der Waals surface area contributed by atoms with Crippen LogP contribution in [0.1, 0.15) is 46.1 Å². The number of aromatic nitrogens is 2. The van der Waals surface area contributed by atoms with Crippen LogP contribution in [0.15, 0.2) is 24.3 Å². The van der Waals surface area contributed by atoms with Crippen molar-refractivity contribution < 1.29 is 4.79 Å². The second-order valence-corrected chi connectivity index (χ2v) is 7.69. The molecule has 2 aliphatic rings. The lowest BCUT2D eigenvalue weighted by atomic mass is 10.1. The predicted molar refractivity (Wildman–Crippen MR) is 98.2 cm³/mol. The first-order chi connectivity index (χ1) is 11.2. The Balaban J connectivity index is 0.00000169. The Morgan fingerprint density at radius 3 is 2.88 bits per heavy atom. The zero-order valence-electron chi connectivity index (χ0n) is 13.5. The predicted octanol–water partition coefficient (Wildman–Crippen LogP) is 3.38. The first kappa shape index (κ1) is 17.3. The van der Waals surface area contributed by atoms with Crippen molar-refractivity contribution in [1.82, 2.24) is 15.5 Å². The van der Waals surface area contributed by atoms with Crippen molar-refractivity contribution in [3.8, 4) is 0 Å². The van der Waals surface area contributed by atoms with Crippen molar-refractivity contribution >= 4 is 34.8 Å². The second kappa shape index (κ2) is 7.17. The van der Waals surface area contributed by atoms with Gasteiger partial charge in [0.25, 0.3) is 5.91 Å². The van der Waals surface area contributed by atoms with E-state index in [0.29, 0.717) is 22.7 Å². The lowest BCUT2D eigenvalue weighted by Gasteiger charge is -2.06. The summed E-state index contributed by atoms with van der Waals surface area (Å²) in [6.45, 7) is 3.02. The lowest BCUT2D eigenvalue weighted by Crippen LogP contribution is -2.20. The van der Waals surface area contributed by atoms with E-state index in [4.69, 9.17) is 0 Å². The standard InChI is InChI=1S/C17H20N4OS.ClH/c1-10-20-21-17(23-10)19-16(22)13-4-2-3-12(7-13)14-8-15(14)18-9-11-5-6-11;/h2-4,7,11,14-15,18H,5-6,8-9H2,1H3,(H,19,21,22);1H/t14-,15+;/m0./s1. The van der Waals surface area contributed by atoms with Crippen LogP contribution in [0.4, 0.5) is 5.13 Å². The summed E-state index contributed by atoms with van der Waals surface area (Å²) in [5, 5.41) is 15.7. The van der Waals surface area contributed by atoms with Crippen molar-refractivity contribution in [3.05, 3.63) is 40.4 Å². The largest absolute Gasteiger partial charge is 0.313 e. The van der Waals surface area contributed by atoms with Gasteiger partial charge in [0.15, 0.2) is 0 Å². The van der Waals surface area contributed by atoms with E-state index >= 15 is 0 Å². The van der Waals surface area contributed by atoms with Crippen LogP contribution in [0.5, 0.6) is 0 Å². The number of carbonyl (C=O) groups is 1. The molecule has 2 saturated carbocycles. The molecule has 5 nitrogen and oxygen atoms in total. The molecule has 0 radical (unpaired) electrons. The number of nitrogens with one attached hydrogen (secondary N) is 2. The molecule has 0 spiro atoms. The maximum atomic E-state index is 12.3. The van der Waals surface area contributed by atoms with E-state index in [-0.39, 0.29) is 18.3 Å². The molecule has 2 N–H and O–H groups in total. The van der Waals surface area contributed by atoms with Crippen molar-refractivity contribution in [1.29, 1.82) is 0 Å². The molecule has 7 heteroatoms. The van der Waals surface area contributed by atoms with E-state index < -0.39 is 0 Å². The molecule has 0 unspecified atom stereocenters. The fourth-order valence-corrected chi connectivity index (χ4v) is 3.44. The van der Waals surface area contributed by atoms with Crippen LogP contribution in [-0.2, 0) is 0 Å². The van der Waals surface area contributed by atoms with Crippen LogP contribution in [0.3, 0.4) is 0 Å². The van der Waals surface area contributed by atoms with E-state index in [1.165, 1.54) is 36.2 Å². The summed E-state index contributed by atoms with van der Waals surface area (Å²) in [5.74, 6) is 1.33. The van der Waals surface area contributed by atoms with Gasteiger partial charge in [0.05, 0.1) is 0 Å². The van der Waals surface area contributed by atoms with Gasteiger partial charge >= 0.3 is 0 Å². The molecule has 4 rings (SSSR count). The van der Waals surface area contributed by atoms with E-state index in [1.54, 1.807) is 0 Å². The highest BCUT2D eigenvalue weighted by Crippen LogP contribution is 2.41. The number of rotatable bonds is 6. The van der Waals surface area contributed by atoms with E-state index in [0.717, 1.165) is 17.5 Å². The van der Waals surface area contributed by atoms with Gasteiger partial charge in [0, 0.05) is 17.5 Å². The average Bonchev–Trinajstić information content (AvgIpc) is 3.45. The number of halogens is 1. The molecule has 2 aromatic rings. The summed E-state index contributed by atoms with van der Waals surface area (Å²) < 4.78 is 0. The number of aryl methyl sites for hydroxylation is 1. The van der Waals surface area contributed by atoms with Crippen molar-refractivity contribution in [2.75, 3.05) is 11.9 Å². The first-order valence-electron chi connectivity index (χ1n) is 8.14.